The Hall–Kier alpha value is -0.740. The van der Waals surface area contributed by atoms with Gasteiger partial charge < -0.3 is 9.90 Å². The maximum Gasteiger partial charge on any atom is 0.172 e. The van der Waals surface area contributed by atoms with Crippen LogP contribution < -0.4 is 0 Å². The number of carbonyl (C=O) groups excluding carboxylic acids is 2. The Morgan fingerprint density at radius 2 is 2.30 bits per heavy atom. The van der Waals surface area contributed by atoms with E-state index in [0.717, 1.165) is 0 Å². The van der Waals surface area contributed by atoms with Gasteiger partial charge in [0, 0.05) is 0 Å². The number of aldehydes is 1. The van der Waals surface area contributed by atoms with Crippen LogP contribution in [0.1, 0.15) is 0 Å². The summed E-state index contributed by atoms with van der Waals surface area (Å²) in [4.78, 5) is 21.9. The normalized spacial score (nSPS) is 9.90. The highest BCUT2D eigenvalue weighted by Crippen LogP contribution is 1.79. The molecule has 0 bridgehead atoms. The van der Waals surface area contributed by atoms with Gasteiger partial charge in [-0.05, 0) is 7.05 Å². The summed E-state index contributed by atoms with van der Waals surface area (Å²) in [6.45, 7) is -0.0931. The van der Waals surface area contributed by atoms with E-state index in [2.05, 4.69) is 0 Å². The molecule has 0 amide bonds. The van der Waals surface area contributed by atoms with E-state index in [1.165, 1.54) is 4.90 Å². The second kappa shape index (κ2) is 5.08. The van der Waals surface area contributed by atoms with Gasteiger partial charge in [-0.25, -0.2) is 0 Å². The van der Waals surface area contributed by atoms with Crippen molar-refractivity contribution in [3.8, 4) is 0 Å². The smallest absolute Gasteiger partial charge is 0.172 e. The summed E-state index contributed by atoms with van der Waals surface area (Å²) >= 11 is 0. The number of ketones is 1. The third kappa shape index (κ3) is 4.17. The van der Waals surface area contributed by atoms with Crippen molar-refractivity contribution in [2.75, 3.05) is 26.7 Å². The van der Waals surface area contributed by atoms with Crippen molar-refractivity contribution in [3.63, 3.8) is 0 Å². The number of nitrogens with zero attached hydrogens (tertiary/aromatic N) is 1. The topological polar surface area (TPSA) is 57.6 Å². The van der Waals surface area contributed by atoms with E-state index in [4.69, 9.17) is 5.11 Å². The van der Waals surface area contributed by atoms with Gasteiger partial charge in [-0.15, -0.1) is 0 Å². The molecule has 0 aromatic carbocycles. The van der Waals surface area contributed by atoms with Crippen LogP contribution in [0.3, 0.4) is 0 Å². The number of hydrogen-bond donors (Lipinski definition) is 1. The number of rotatable bonds is 5. The van der Waals surface area contributed by atoms with Crippen molar-refractivity contribution in [2.45, 2.75) is 0 Å². The third-order valence-corrected chi connectivity index (χ3v) is 1.01. The predicted molar refractivity (Wildman–Crippen MR) is 35.7 cm³/mol. The van der Waals surface area contributed by atoms with E-state index in [1.807, 2.05) is 0 Å². The van der Waals surface area contributed by atoms with Gasteiger partial charge in [-0.2, -0.15) is 0 Å². The van der Waals surface area contributed by atoms with Crippen molar-refractivity contribution in [2.24, 2.45) is 0 Å². The van der Waals surface area contributed by atoms with Crippen LogP contribution in [0.4, 0.5) is 0 Å². The number of aliphatic hydroxyl groups excluding tert-OH is 1. The van der Waals surface area contributed by atoms with Gasteiger partial charge in [0.05, 0.1) is 13.1 Å². The Kier molecular flexibility index (Phi) is 4.70. The molecule has 0 fully saturated rings. The summed E-state index contributed by atoms with van der Waals surface area (Å²) in [5.74, 6) is -0.274. The molecule has 4 heteroatoms. The van der Waals surface area contributed by atoms with Crippen molar-refractivity contribution in [1.82, 2.24) is 4.90 Å². The second-order valence-electron chi connectivity index (χ2n) is 2.06. The highest BCUT2D eigenvalue weighted by molar-refractivity contribution is 5.81. The van der Waals surface area contributed by atoms with E-state index in [9.17, 15) is 9.59 Å². The lowest BCUT2D eigenvalue weighted by molar-refractivity contribution is -0.122. The third-order valence-electron chi connectivity index (χ3n) is 1.01. The number of aliphatic hydroxyl groups is 1. The zero-order chi connectivity index (χ0) is 7.98. The number of Topliss-reactive ketones (excluding diaryl/α,β-unsaturated/α-hetero) is 1. The summed E-state index contributed by atoms with van der Waals surface area (Å²) in [5.41, 5.74) is 0. The fourth-order valence-corrected chi connectivity index (χ4v) is 0.543. The first-order chi connectivity index (χ1) is 4.70. The van der Waals surface area contributed by atoms with Crippen LogP contribution >= 0.6 is 0 Å². The molecular formula is C6H11NO3. The molecule has 0 unspecified atom stereocenters. The van der Waals surface area contributed by atoms with Gasteiger partial charge in [0.25, 0.3) is 0 Å². The Balaban J connectivity index is 3.46. The first-order valence-corrected chi connectivity index (χ1v) is 2.95. The summed E-state index contributed by atoms with van der Waals surface area (Å²) in [7, 11) is 1.64. The molecule has 10 heavy (non-hydrogen) atoms. The molecule has 0 aromatic rings. The molecule has 0 aliphatic rings. The maximum atomic E-state index is 10.5. The number of carbonyl (C=O) groups is 2. The van der Waals surface area contributed by atoms with Gasteiger partial charge in [-0.1, -0.05) is 0 Å². The average molecular weight is 145 g/mol. The predicted octanol–water partition coefficient (Wildman–Crippen LogP) is -1.32. The Bertz CT molecular complexity index is 124. The number of likely N-dealkylation sites (N-methyl/N-ethyl adjacent to an activating group) is 1. The molecule has 0 atom stereocenters. The summed E-state index contributed by atoms with van der Waals surface area (Å²) < 4.78 is 0. The summed E-state index contributed by atoms with van der Waals surface area (Å²) in [6, 6.07) is 0. The fourth-order valence-electron chi connectivity index (χ4n) is 0.543. The zero-order valence-electron chi connectivity index (χ0n) is 5.91. The molecule has 0 heterocycles. The molecule has 0 radical (unpaired) electrons. The Labute approximate surface area is 59.4 Å². The first-order valence-electron chi connectivity index (χ1n) is 2.95. The second-order valence-corrected chi connectivity index (χ2v) is 2.06. The highest BCUT2D eigenvalue weighted by atomic mass is 16.3. The molecule has 0 saturated heterocycles. The Morgan fingerprint density at radius 1 is 1.70 bits per heavy atom. The summed E-state index contributed by atoms with van der Waals surface area (Å²) in [5, 5.41) is 8.29. The molecule has 0 aromatic heterocycles. The van der Waals surface area contributed by atoms with Crippen molar-refractivity contribution < 1.29 is 14.7 Å². The molecule has 0 spiro atoms. The lowest BCUT2D eigenvalue weighted by Gasteiger charge is -2.09. The lowest BCUT2D eigenvalue weighted by Crippen LogP contribution is -2.29. The van der Waals surface area contributed by atoms with E-state index in [1.54, 1.807) is 7.05 Å². The van der Waals surface area contributed by atoms with Gasteiger partial charge in [0.2, 0.25) is 0 Å². The fraction of sp³-hybridized carbons (Fsp3) is 0.667. The molecule has 0 aliphatic carbocycles. The minimum absolute atomic E-state index is 0.134. The SMILES string of the molecule is CN(CC=O)CC(=O)CO. The zero-order valence-corrected chi connectivity index (χ0v) is 5.91. The molecule has 4 nitrogen and oxygen atoms in total. The lowest BCUT2D eigenvalue weighted by atomic mass is 10.4. The van der Waals surface area contributed by atoms with Crippen LogP contribution in [0, 0.1) is 0 Å². The van der Waals surface area contributed by atoms with Crippen molar-refractivity contribution in [1.29, 1.82) is 0 Å². The van der Waals surface area contributed by atoms with E-state index in [0.29, 0.717) is 6.29 Å². The molecule has 0 aliphatic heterocycles. The minimum Gasteiger partial charge on any atom is -0.389 e. The van der Waals surface area contributed by atoms with E-state index in [-0.39, 0.29) is 18.9 Å². The molecule has 1 N–H and O–H groups in total. The van der Waals surface area contributed by atoms with Gasteiger partial charge >= 0.3 is 0 Å². The van der Waals surface area contributed by atoms with Gasteiger partial charge in [0.1, 0.15) is 12.9 Å². The Morgan fingerprint density at radius 3 is 2.70 bits per heavy atom. The first kappa shape index (κ1) is 9.26. The van der Waals surface area contributed by atoms with Crippen LogP contribution in [0.2, 0.25) is 0 Å². The highest BCUT2D eigenvalue weighted by Gasteiger charge is 2.02. The van der Waals surface area contributed by atoms with Crippen molar-refractivity contribution in [3.05, 3.63) is 0 Å². The quantitative estimate of drug-likeness (QED) is 0.487. The van der Waals surface area contributed by atoms with E-state index >= 15 is 0 Å². The standard InChI is InChI=1S/C6H11NO3/c1-7(2-3-8)4-6(10)5-9/h3,9H,2,4-5H2,1H3. The molecule has 0 saturated carbocycles. The molecule has 0 rings (SSSR count). The summed E-state index contributed by atoms with van der Waals surface area (Å²) in [6.07, 6.45) is 0.713. The maximum absolute atomic E-state index is 10.5. The van der Waals surface area contributed by atoms with Gasteiger partial charge in [-0.3, -0.25) is 9.69 Å². The van der Waals surface area contributed by atoms with Crippen molar-refractivity contribution >= 4 is 12.1 Å². The number of hydrogen-bond acceptors (Lipinski definition) is 4. The van der Waals surface area contributed by atoms with Crippen LogP contribution in [0.15, 0.2) is 0 Å². The van der Waals surface area contributed by atoms with Gasteiger partial charge in [0.15, 0.2) is 5.78 Å². The largest absolute Gasteiger partial charge is 0.389 e. The molecule has 58 valence electrons. The van der Waals surface area contributed by atoms with Crippen LogP contribution in [0.25, 0.3) is 0 Å². The minimum atomic E-state index is -0.455. The van der Waals surface area contributed by atoms with Crippen LogP contribution in [0.5, 0.6) is 0 Å². The molecular weight excluding hydrogens is 134 g/mol. The van der Waals surface area contributed by atoms with E-state index < -0.39 is 6.61 Å². The monoisotopic (exact) mass is 145 g/mol. The average Bonchev–Trinajstić information content (AvgIpc) is 1.88. The van der Waals surface area contributed by atoms with Crippen LogP contribution in [-0.4, -0.2) is 48.8 Å². The van der Waals surface area contributed by atoms with Crippen LogP contribution in [-0.2, 0) is 9.59 Å².